The first-order chi connectivity index (χ1) is 11.2. The summed E-state index contributed by atoms with van der Waals surface area (Å²) < 4.78 is 0. The lowest BCUT2D eigenvalue weighted by molar-refractivity contribution is 0.841. The minimum atomic E-state index is 0.546. The Morgan fingerprint density at radius 3 is 1.74 bits per heavy atom. The molecule has 0 aliphatic carbocycles. The average molecular weight is 300 g/mol. The third-order valence-electron chi connectivity index (χ3n) is 4.39. The van der Waals surface area contributed by atoms with Crippen LogP contribution in [0.3, 0.4) is 0 Å². The molecule has 0 unspecified atom stereocenters. The zero-order valence-electron chi connectivity index (χ0n) is 14.0. The van der Waals surface area contributed by atoms with Gasteiger partial charge in [-0.25, -0.2) is 0 Å². The SMILES string of the molecule is CC(C)c1cccc(Cc2ccccc2)c1Cc1ccccc1. The molecule has 0 bridgehead atoms. The van der Waals surface area contributed by atoms with E-state index in [9.17, 15) is 0 Å². The summed E-state index contributed by atoms with van der Waals surface area (Å²) in [5.41, 5.74) is 7.18. The van der Waals surface area contributed by atoms with E-state index in [1.807, 2.05) is 0 Å². The average Bonchev–Trinajstić information content (AvgIpc) is 2.58. The Bertz CT molecular complexity index is 740. The molecule has 0 atom stereocenters. The Morgan fingerprint density at radius 1 is 0.609 bits per heavy atom. The van der Waals surface area contributed by atoms with Gasteiger partial charge in [0.25, 0.3) is 0 Å². The lowest BCUT2D eigenvalue weighted by atomic mass is 9.87. The van der Waals surface area contributed by atoms with E-state index in [1.165, 1.54) is 27.8 Å². The molecule has 0 radical (unpaired) electrons. The topological polar surface area (TPSA) is 0 Å². The summed E-state index contributed by atoms with van der Waals surface area (Å²) in [6, 6.07) is 28.3. The van der Waals surface area contributed by atoms with Crippen LogP contribution in [0.2, 0.25) is 0 Å². The van der Waals surface area contributed by atoms with E-state index >= 15 is 0 Å². The number of rotatable bonds is 5. The Morgan fingerprint density at radius 2 is 1.17 bits per heavy atom. The highest BCUT2D eigenvalue weighted by Gasteiger charge is 2.12. The second kappa shape index (κ2) is 7.28. The highest BCUT2D eigenvalue weighted by atomic mass is 14.2. The van der Waals surface area contributed by atoms with Crippen molar-refractivity contribution in [3.8, 4) is 0 Å². The summed E-state index contributed by atoms with van der Waals surface area (Å²) in [5.74, 6) is 0.546. The maximum Gasteiger partial charge on any atom is -0.00201 e. The van der Waals surface area contributed by atoms with Crippen LogP contribution in [-0.4, -0.2) is 0 Å². The van der Waals surface area contributed by atoms with Gasteiger partial charge in [0.2, 0.25) is 0 Å². The summed E-state index contributed by atoms with van der Waals surface area (Å²) in [4.78, 5) is 0. The first kappa shape index (κ1) is 15.6. The van der Waals surface area contributed by atoms with Gasteiger partial charge >= 0.3 is 0 Å². The smallest absolute Gasteiger partial charge is 0.00201 e. The van der Waals surface area contributed by atoms with Crippen molar-refractivity contribution in [3.05, 3.63) is 107 Å². The van der Waals surface area contributed by atoms with Crippen LogP contribution in [-0.2, 0) is 12.8 Å². The van der Waals surface area contributed by atoms with Gasteiger partial charge < -0.3 is 0 Å². The largest absolute Gasteiger partial charge is 0.0622 e. The van der Waals surface area contributed by atoms with E-state index < -0.39 is 0 Å². The molecule has 0 nitrogen and oxygen atoms in total. The standard InChI is InChI=1S/C23H24/c1-18(2)22-15-9-14-21(16-19-10-5-3-6-11-19)23(22)17-20-12-7-4-8-13-20/h3-15,18H,16-17H2,1-2H3. The fourth-order valence-electron chi connectivity index (χ4n) is 3.19. The van der Waals surface area contributed by atoms with Gasteiger partial charge in [0.1, 0.15) is 0 Å². The summed E-state index contributed by atoms with van der Waals surface area (Å²) in [5, 5.41) is 0. The molecule has 0 heteroatoms. The van der Waals surface area contributed by atoms with E-state index in [2.05, 4.69) is 92.7 Å². The van der Waals surface area contributed by atoms with Crippen LogP contribution in [0.1, 0.15) is 47.6 Å². The van der Waals surface area contributed by atoms with E-state index in [0.29, 0.717) is 5.92 Å². The van der Waals surface area contributed by atoms with E-state index in [-0.39, 0.29) is 0 Å². The molecule has 0 fully saturated rings. The fourth-order valence-corrected chi connectivity index (χ4v) is 3.19. The zero-order valence-corrected chi connectivity index (χ0v) is 14.0. The second-order valence-electron chi connectivity index (χ2n) is 6.46. The molecule has 0 heterocycles. The van der Waals surface area contributed by atoms with Gasteiger partial charge in [-0.3, -0.25) is 0 Å². The molecule has 116 valence electrons. The first-order valence-electron chi connectivity index (χ1n) is 8.42. The van der Waals surface area contributed by atoms with Crippen molar-refractivity contribution in [3.63, 3.8) is 0 Å². The minimum Gasteiger partial charge on any atom is -0.0622 e. The van der Waals surface area contributed by atoms with Crippen LogP contribution in [0.25, 0.3) is 0 Å². The van der Waals surface area contributed by atoms with Crippen LogP contribution in [0.4, 0.5) is 0 Å². The fraction of sp³-hybridized carbons (Fsp3) is 0.217. The van der Waals surface area contributed by atoms with Crippen molar-refractivity contribution in [2.24, 2.45) is 0 Å². The van der Waals surface area contributed by atoms with Crippen molar-refractivity contribution in [2.75, 3.05) is 0 Å². The Balaban J connectivity index is 1.99. The molecule has 0 aromatic heterocycles. The van der Waals surface area contributed by atoms with Gasteiger partial charge in [-0.15, -0.1) is 0 Å². The van der Waals surface area contributed by atoms with Crippen molar-refractivity contribution >= 4 is 0 Å². The first-order valence-corrected chi connectivity index (χ1v) is 8.42. The number of benzene rings is 3. The molecule has 0 saturated heterocycles. The third kappa shape index (κ3) is 3.90. The van der Waals surface area contributed by atoms with Gasteiger partial charge in [-0.1, -0.05) is 92.7 Å². The van der Waals surface area contributed by atoms with Crippen LogP contribution >= 0.6 is 0 Å². The van der Waals surface area contributed by atoms with Gasteiger partial charge in [0.05, 0.1) is 0 Å². The Hall–Kier alpha value is -2.34. The van der Waals surface area contributed by atoms with Gasteiger partial charge in [-0.2, -0.15) is 0 Å². The molecule has 0 N–H and O–H groups in total. The summed E-state index contributed by atoms with van der Waals surface area (Å²) in [6.45, 7) is 4.58. The lowest BCUT2D eigenvalue weighted by Crippen LogP contribution is -2.03. The third-order valence-corrected chi connectivity index (χ3v) is 4.39. The predicted octanol–water partition coefficient (Wildman–Crippen LogP) is 5.99. The van der Waals surface area contributed by atoms with Crippen molar-refractivity contribution < 1.29 is 0 Å². The molecule has 0 spiro atoms. The zero-order chi connectivity index (χ0) is 16.1. The number of hydrogen-bond donors (Lipinski definition) is 0. The maximum absolute atomic E-state index is 2.29. The quantitative estimate of drug-likeness (QED) is 0.543. The Kier molecular flexibility index (Phi) is 4.92. The van der Waals surface area contributed by atoms with Crippen LogP contribution in [0.15, 0.2) is 78.9 Å². The molecule has 0 saturated carbocycles. The molecular weight excluding hydrogens is 276 g/mol. The van der Waals surface area contributed by atoms with E-state index in [0.717, 1.165) is 12.8 Å². The van der Waals surface area contributed by atoms with E-state index in [4.69, 9.17) is 0 Å². The molecule has 3 rings (SSSR count). The van der Waals surface area contributed by atoms with Crippen molar-refractivity contribution in [1.29, 1.82) is 0 Å². The summed E-state index contributed by atoms with van der Waals surface area (Å²) >= 11 is 0. The number of hydrogen-bond acceptors (Lipinski definition) is 0. The molecular formula is C23H24. The van der Waals surface area contributed by atoms with Gasteiger partial charge in [0.15, 0.2) is 0 Å². The normalized spacial score (nSPS) is 10.9. The lowest BCUT2D eigenvalue weighted by Gasteiger charge is -2.18. The van der Waals surface area contributed by atoms with Crippen LogP contribution in [0, 0.1) is 0 Å². The monoisotopic (exact) mass is 300 g/mol. The van der Waals surface area contributed by atoms with Crippen LogP contribution < -0.4 is 0 Å². The van der Waals surface area contributed by atoms with Gasteiger partial charge in [-0.05, 0) is 46.6 Å². The molecule has 23 heavy (non-hydrogen) atoms. The van der Waals surface area contributed by atoms with Crippen molar-refractivity contribution in [2.45, 2.75) is 32.6 Å². The molecule has 0 aliphatic rings. The molecule has 0 amide bonds. The summed E-state index contributed by atoms with van der Waals surface area (Å²) in [7, 11) is 0. The minimum absolute atomic E-state index is 0.546. The Labute approximate surface area is 139 Å². The van der Waals surface area contributed by atoms with Crippen molar-refractivity contribution in [1.82, 2.24) is 0 Å². The van der Waals surface area contributed by atoms with Gasteiger partial charge in [0, 0.05) is 0 Å². The highest BCUT2D eigenvalue weighted by molar-refractivity contribution is 5.43. The molecule has 0 aliphatic heterocycles. The maximum atomic E-state index is 2.29. The predicted molar refractivity (Wildman–Crippen MR) is 99.0 cm³/mol. The van der Waals surface area contributed by atoms with Crippen LogP contribution in [0.5, 0.6) is 0 Å². The second-order valence-corrected chi connectivity index (χ2v) is 6.46. The molecule has 3 aromatic rings. The summed E-state index contributed by atoms with van der Waals surface area (Å²) in [6.07, 6.45) is 2.01. The molecule has 3 aromatic carbocycles. The highest BCUT2D eigenvalue weighted by Crippen LogP contribution is 2.27. The van der Waals surface area contributed by atoms with E-state index in [1.54, 1.807) is 0 Å².